The van der Waals surface area contributed by atoms with E-state index in [2.05, 4.69) is 10.6 Å². The summed E-state index contributed by atoms with van der Waals surface area (Å²) in [4.78, 5) is 25.3. The highest BCUT2D eigenvalue weighted by Gasteiger charge is 2.15. The molecule has 6 heteroatoms. The molecule has 1 amide bonds. The lowest BCUT2D eigenvalue weighted by Gasteiger charge is -2.14. The summed E-state index contributed by atoms with van der Waals surface area (Å²) in [5, 5.41) is 6.37. The van der Waals surface area contributed by atoms with Gasteiger partial charge in [-0.25, -0.2) is 4.79 Å². The van der Waals surface area contributed by atoms with E-state index in [1.807, 2.05) is 73.7 Å². The molecule has 4 aromatic carbocycles. The largest absolute Gasteiger partial charge is 0.449 e. The molecule has 0 aliphatic heterocycles. The van der Waals surface area contributed by atoms with E-state index in [4.69, 9.17) is 16.3 Å². The molecule has 0 unspecified atom stereocenters. The molecule has 0 spiro atoms. The number of para-hydroxylation sites is 2. The molecule has 0 heterocycles. The minimum absolute atomic E-state index is 0.125. The number of rotatable bonds is 8. The minimum Gasteiger partial charge on any atom is -0.449 e. The van der Waals surface area contributed by atoms with E-state index in [0.29, 0.717) is 39.6 Å². The molecule has 0 saturated carbocycles. The second kappa shape index (κ2) is 11.4. The maximum atomic E-state index is 12.9. The number of nitrogens with one attached hydrogen (secondary N) is 2. The number of carbonyl (C=O) groups is 2. The Balaban J connectivity index is 1.41. The highest BCUT2D eigenvalue weighted by atomic mass is 35.5. The summed E-state index contributed by atoms with van der Waals surface area (Å²) in [7, 11) is 0. The molecule has 0 aliphatic carbocycles. The number of anilines is 3. The van der Waals surface area contributed by atoms with Crippen molar-refractivity contribution >= 4 is 40.5 Å². The predicted molar refractivity (Wildman–Crippen MR) is 141 cm³/mol. The Bertz CT molecular complexity index is 1340. The van der Waals surface area contributed by atoms with Gasteiger partial charge in [0.05, 0.1) is 23.0 Å². The first-order chi connectivity index (χ1) is 17.0. The third kappa shape index (κ3) is 6.28. The van der Waals surface area contributed by atoms with Crippen molar-refractivity contribution in [2.75, 3.05) is 17.2 Å². The Morgan fingerprint density at radius 2 is 1.49 bits per heavy atom. The quantitative estimate of drug-likeness (QED) is 0.255. The summed E-state index contributed by atoms with van der Waals surface area (Å²) >= 11 is 6.47. The van der Waals surface area contributed by atoms with Crippen molar-refractivity contribution in [3.05, 3.63) is 124 Å². The van der Waals surface area contributed by atoms with Crippen molar-refractivity contribution in [1.82, 2.24) is 0 Å². The molecule has 0 bridgehead atoms. The van der Waals surface area contributed by atoms with Gasteiger partial charge in [0, 0.05) is 23.2 Å². The van der Waals surface area contributed by atoms with Gasteiger partial charge in [0.1, 0.15) is 0 Å². The summed E-state index contributed by atoms with van der Waals surface area (Å²) in [5.74, 6) is -0.125. The molecule has 4 rings (SSSR count). The molecule has 0 fully saturated rings. The molecule has 35 heavy (non-hydrogen) atoms. The number of carbonyl (C=O) groups excluding carboxylic acids is 2. The van der Waals surface area contributed by atoms with Crippen molar-refractivity contribution in [1.29, 1.82) is 0 Å². The second-order valence-electron chi connectivity index (χ2n) is 8.01. The van der Waals surface area contributed by atoms with Crippen LogP contribution in [0.3, 0.4) is 0 Å². The van der Waals surface area contributed by atoms with E-state index in [1.165, 1.54) is 0 Å². The topological polar surface area (TPSA) is 67.4 Å². The molecule has 4 aromatic rings. The average Bonchev–Trinajstić information content (AvgIpc) is 2.86. The summed E-state index contributed by atoms with van der Waals surface area (Å²) in [6, 6.07) is 29.7. The normalized spacial score (nSPS) is 10.5. The van der Waals surface area contributed by atoms with Crippen LogP contribution in [0.15, 0.2) is 97.1 Å². The molecule has 5 nitrogen and oxygen atoms in total. The molecule has 0 aromatic heterocycles. The zero-order valence-corrected chi connectivity index (χ0v) is 20.0. The highest BCUT2D eigenvalue weighted by molar-refractivity contribution is 6.35. The van der Waals surface area contributed by atoms with Gasteiger partial charge in [-0.05, 0) is 48.4 Å². The Labute approximate surface area is 209 Å². The molecule has 2 N–H and O–H groups in total. The number of hydrogen-bond donors (Lipinski definition) is 2. The van der Waals surface area contributed by atoms with Crippen molar-refractivity contribution in [2.24, 2.45) is 0 Å². The summed E-state index contributed by atoms with van der Waals surface area (Å²) in [6.07, 6.45) is 0.104. The average molecular weight is 485 g/mol. The van der Waals surface area contributed by atoms with Crippen LogP contribution in [0.1, 0.15) is 27.0 Å². The second-order valence-corrected chi connectivity index (χ2v) is 8.41. The first-order valence-corrected chi connectivity index (χ1v) is 11.6. The summed E-state index contributed by atoms with van der Waals surface area (Å²) in [5.41, 5.74) is 4.96. The zero-order valence-electron chi connectivity index (χ0n) is 19.3. The SMILES string of the molecule is Cc1ccccc1C(=O)c1ccc(Nc2ccccc2NC(=O)OCCc2ccccc2)cc1Cl. The third-order valence-corrected chi connectivity index (χ3v) is 5.83. The minimum atomic E-state index is -0.535. The Morgan fingerprint density at radius 1 is 0.800 bits per heavy atom. The number of aryl methyl sites for hydroxylation is 1. The number of halogens is 1. The molecular weight excluding hydrogens is 460 g/mol. The van der Waals surface area contributed by atoms with Crippen molar-refractivity contribution < 1.29 is 14.3 Å². The highest BCUT2D eigenvalue weighted by Crippen LogP contribution is 2.29. The fourth-order valence-corrected chi connectivity index (χ4v) is 3.93. The van der Waals surface area contributed by atoms with Crippen LogP contribution in [0, 0.1) is 6.92 Å². The van der Waals surface area contributed by atoms with Gasteiger partial charge in [0.2, 0.25) is 0 Å². The number of amides is 1. The van der Waals surface area contributed by atoms with Crippen LogP contribution in [0.2, 0.25) is 5.02 Å². The van der Waals surface area contributed by atoms with Gasteiger partial charge in [0.25, 0.3) is 0 Å². The third-order valence-electron chi connectivity index (χ3n) is 5.51. The Kier molecular flexibility index (Phi) is 7.81. The van der Waals surface area contributed by atoms with Crippen molar-refractivity contribution in [3.8, 4) is 0 Å². The van der Waals surface area contributed by atoms with E-state index in [9.17, 15) is 9.59 Å². The van der Waals surface area contributed by atoms with Crippen molar-refractivity contribution in [3.63, 3.8) is 0 Å². The first kappa shape index (κ1) is 24.0. The molecule has 176 valence electrons. The van der Waals surface area contributed by atoms with Gasteiger partial charge in [-0.1, -0.05) is 78.3 Å². The number of ether oxygens (including phenoxy) is 1. The Morgan fingerprint density at radius 3 is 2.23 bits per heavy atom. The zero-order chi connectivity index (χ0) is 24.6. The number of hydrogen-bond acceptors (Lipinski definition) is 4. The van der Waals surface area contributed by atoms with Gasteiger partial charge >= 0.3 is 6.09 Å². The van der Waals surface area contributed by atoms with Gasteiger partial charge in [-0.3, -0.25) is 10.1 Å². The van der Waals surface area contributed by atoms with E-state index in [-0.39, 0.29) is 12.4 Å². The van der Waals surface area contributed by atoms with Gasteiger partial charge < -0.3 is 10.1 Å². The van der Waals surface area contributed by atoms with Crippen LogP contribution in [-0.4, -0.2) is 18.5 Å². The molecule has 0 atom stereocenters. The van der Waals surface area contributed by atoms with Gasteiger partial charge in [-0.2, -0.15) is 0 Å². The summed E-state index contributed by atoms with van der Waals surface area (Å²) in [6.45, 7) is 2.17. The van der Waals surface area contributed by atoms with Gasteiger partial charge in [-0.15, -0.1) is 0 Å². The van der Waals surface area contributed by atoms with E-state index in [1.54, 1.807) is 30.3 Å². The first-order valence-electron chi connectivity index (χ1n) is 11.2. The lowest BCUT2D eigenvalue weighted by Crippen LogP contribution is -2.16. The van der Waals surface area contributed by atoms with Crippen LogP contribution in [-0.2, 0) is 11.2 Å². The monoisotopic (exact) mass is 484 g/mol. The maximum Gasteiger partial charge on any atom is 0.411 e. The fraction of sp³-hybridized carbons (Fsp3) is 0.103. The summed E-state index contributed by atoms with van der Waals surface area (Å²) < 4.78 is 5.33. The molecule has 0 saturated heterocycles. The molecule has 0 radical (unpaired) electrons. The lowest BCUT2D eigenvalue weighted by atomic mass is 9.99. The van der Waals surface area contributed by atoms with Crippen LogP contribution in [0.25, 0.3) is 0 Å². The van der Waals surface area contributed by atoms with E-state index >= 15 is 0 Å². The molecular formula is C29H25ClN2O3. The van der Waals surface area contributed by atoms with Crippen molar-refractivity contribution in [2.45, 2.75) is 13.3 Å². The predicted octanol–water partition coefficient (Wildman–Crippen LogP) is 7.41. The maximum absolute atomic E-state index is 12.9. The smallest absolute Gasteiger partial charge is 0.411 e. The van der Waals surface area contributed by atoms with Crippen LogP contribution >= 0.6 is 11.6 Å². The number of ketones is 1. The van der Waals surface area contributed by atoms with Crippen LogP contribution in [0.5, 0.6) is 0 Å². The lowest BCUT2D eigenvalue weighted by molar-refractivity contribution is 0.103. The molecule has 0 aliphatic rings. The van der Waals surface area contributed by atoms with Crippen LogP contribution < -0.4 is 10.6 Å². The van der Waals surface area contributed by atoms with E-state index in [0.717, 1.165) is 11.1 Å². The number of benzene rings is 4. The fourth-order valence-electron chi connectivity index (χ4n) is 3.66. The van der Waals surface area contributed by atoms with Crippen LogP contribution in [0.4, 0.5) is 21.9 Å². The van der Waals surface area contributed by atoms with E-state index < -0.39 is 6.09 Å². The standard InChI is InChI=1S/C29H25ClN2O3/c1-20-9-5-6-12-23(20)28(33)24-16-15-22(19-25(24)30)31-26-13-7-8-14-27(26)32-29(34)35-18-17-21-10-3-2-4-11-21/h2-16,19,31H,17-18H2,1H3,(H,32,34). The Hall–Kier alpha value is -4.09. The van der Waals surface area contributed by atoms with Gasteiger partial charge in [0.15, 0.2) is 5.78 Å².